The molecule has 3 heterocycles. The van der Waals surface area contributed by atoms with Crippen molar-refractivity contribution in [2.75, 3.05) is 37.7 Å². The van der Waals surface area contributed by atoms with Crippen molar-refractivity contribution in [3.8, 4) is 17.0 Å². The molecule has 0 spiro atoms. The SMILES string of the molecule is CCOc1ccc(-c2nccnc2N2CCN(Cc3cnn(C)c3C)CC2)cc1. The van der Waals surface area contributed by atoms with E-state index in [0.717, 1.165) is 55.5 Å². The molecular weight excluding hydrogens is 364 g/mol. The van der Waals surface area contributed by atoms with Crippen molar-refractivity contribution in [1.29, 1.82) is 0 Å². The van der Waals surface area contributed by atoms with E-state index in [0.29, 0.717) is 6.61 Å². The Hall–Kier alpha value is -2.93. The number of benzene rings is 1. The van der Waals surface area contributed by atoms with Gasteiger partial charge in [-0.25, -0.2) is 4.98 Å². The van der Waals surface area contributed by atoms with Gasteiger partial charge in [0.1, 0.15) is 11.4 Å². The number of hydrogen-bond acceptors (Lipinski definition) is 6. The van der Waals surface area contributed by atoms with Gasteiger partial charge in [-0.05, 0) is 38.1 Å². The highest BCUT2D eigenvalue weighted by molar-refractivity contribution is 5.72. The van der Waals surface area contributed by atoms with Crippen molar-refractivity contribution in [3.05, 3.63) is 54.1 Å². The van der Waals surface area contributed by atoms with Crippen LogP contribution in [0.25, 0.3) is 11.3 Å². The number of aromatic nitrogens is 4. The molecule has 0 atom stereocenters. The molecule has 4 rings (SSSR count). The molecule has 0 bridgehead atoms. The summed E-state index contributed by atoms with van der Waals surface area (Å²) in [5, 5.41) is 4.36. The Morgan fingerprint density at radius 3 is 2.38 bits per heavy atom. The third kappa shape index (κ3) is 4.24. The fraction of sp³-hybridized carbons (Fsp3) is 0.409. The van der Waals surface area contributed by atoms with E-state index in [9.17, 15) is 0 Å². The van der Waals surface area contributed by atoms with E-state index < -0.39 is 0 Å². The number of nitrogens with zero attached hydrogens (tertiary/aromatic N) is 6. The van der Waals surface area contributed by atoms with Gasteiger partial charge in [0.05, 0.1) is 12.8 Å². The Morgan fingerprint density at radius 1 is 1.00 bits per heavy atom. The van der Waals surface area contributed by atoms with Crippen LogP contribution in [0.5, 0.6) is 5.75 Å². The maximum absolute atomic E-state index is 5.56. The molecule has 0 N–H and O–H groups in total. The molecule has 1 aromatic carbocycles. The molecule has 0 unspecified atom stereocenters. The van der Waals surface area contributed by atoms with E-state index in [2.05, 4.69) is 43.9 Å². The van der Waals surface area contributed by atoms with E-state index in [-0.39, 0.29) is 0 Å². The van der Waals surface area contributed by atoms with Gasteiger partial charge in [-0.1, -0.05) is 0 Å². The Labute approximate surface area is 172 Å². The highest BCUT2D eigenvalue weighted by Crippen LogP contribution is 2.29. The topological polar surface area (TPSA) is 59.3 Å². The first kappa shape index (κ1) is 19.4. The van der Waals surface area contributed by atoms with E-state index in [1.54, 1.807) is 12.4 Å². The zero-order valence-corrected chi connectivity index (χ0v) is 17.4. The summed E-state index contributed by atoms with van der Waals surface area (Å²) >= 11 is 0. The van der Waals surface area contributed by atoms with Crippen LogP contribution in [-0.4, -0.2) is 57.4 Å². The van der Waals surface area contributed by atoms with Crippen molar-refractivity contribution in [1.82, 2.24) is 24.6 Å². The van der Waals surface area contributed by atoms with Gasteiger partial charge in [-0.15, -0.1) is 0 Å². The van der Waals surface area contributed by atoms with Crippen LogP contribution in [0.2, 0.25) is 0 Å². The second-order valence-corrected chi connectivity index (χ2v) is 7.33. The molecule has 0 aliphatic carbocycles. The number of piperazine rings is 1. The van der Waals surface area contributed by atoms with Crippen LogP contribution in [-0.2, 0) is 13.6 Å². The Morgan fingerprint density at radius 2 is 1.72 bits per heavy atom. The number of aryl methyl sites for hydroxylation is 1. The lowest BCUT2D eigenvalue weighted by Crippen LogP contribution is -2.46. The van der Waals surface area contributed by atoms with Gasteiger partial charge in [-0.2, -0.15) is 5.10 Å². The van der Waals surface area contributed by atoms with Crippen molar-refractivity contribution >= 4 is 5.82 Å². The minimum Gasteiger partial charge on any atom is -0.494 e. The van der Waals surface area contributed by atoms with E-state index in [1.165, 1.54) is 11.3 Å². The van der Waals surface area contributed by atoms with Crippen LogP contribution < -0.4 is 9.64 Å². The maximum atomic E-state index is 5.56. The Kier molecular flexibility index (Phi) is 5.76. The third-order valence-corrected chi connectivity index (χ3v) is 5.52. The fourth-order valence-corrected chi connectivity index (χ4v) is 3.70. The van der Waals surface area contributed by atoms with Crippen LogP contribution in [0.1, 0.15) is 18.2 Å². The molecule has 1 saturated heterocycles. The quantitative estimate of drug-likeness (QED) is 0.643. The molecule has 7 nitrogen and oxygen atoms in total. The molecule has 0 amide bonds. The lowest BCUT2D eigenvalue weighted by atomic mass is 10.1. The maximum Gasteiger partial charge on any atom is 0.155 e. The third-order valence-electron chi connectivity index (χ3n) is 5.52. The highest BCUT2D eigenvalue weighted by Gasteiger charge is 2.22. The summed E-state index contributed by atoms with van der Waals surface area (Å²) in [6, 6.07) is 8.09. The number of anilines is 1. The number of ether oxygens (including phenoxy) is 1. The van der Waals surface area contributed by atoms with Crippen LogP contribution in [0.3, 0.4) is 0 Å². The number of hydrogen-bond donors (Lipinski definition) is 0. The second kappa shape index (κ2) is 8.61. The molecule has 3 aromatic rings. The van der Waals surface area contributed by atoms with Crippen molar-refractivity contribution < 1.29 is 4.74 Å². The van der Waals surface area contributed by atoms with Crippen molar-refractivity contribution in [3.63, 3.8) is 0 Å². The molecule has 2 aromatic heterocycles. The van der Waals surface area contributed by atoms with Crippen LogP contribution in [0.4, 0.5) is 5.82 Å². The monoisotopic (exact) mass is 392 g/mol. The first-order valence-electron chi connectivity index (χ1n) is 10.1. The van der Waals surface area contributed by atoms with Gasteiger partial charge in [0.2, 0.25) is 0 Å². The smallest absolute Gasteiger partial charge is 0.155 e. The average molecular weight is 393 g/mol. The zero-order chi connectivity index (χ0) is 20.2. The molecule has 1 aliphatic heterocycles. The van der Waals surface area contributed by atoms with Crippen molar-refractivity contribution in [2.24, 2.45) is 7.05 Å². The van der Waals surface area contributed by atoms with Crippen LogP contribution >= 0.6 is 0 Å². The molecule has 152 valence electrons. The number of rotatable bonds is 6. The highest BCUT2D eigenvalue weighted by atomic mass is 16.5. The molecule has 0 saturated carbocycles. The second-order valence-electron chi connectivity index (χ2n) is 7.33. The first-order chi connectivity index (χ1) is 14.2. The lowest BCUT2D eigenvalue weighted by Gasteiger charge is -2.35. The summed E-state index contributed by atoms with van der Waals surface area (Å²) < 4.78 is 7.49. The summed E-state index contributed by atoms with van der Waals surface area (Å²) in [6.07, 6.45) is 5.52. The predicted octanol–water partition coefficient (Wildman–Crippen LogP) is 2.91. The standard InChI is InChI=1S/C22H28N6O/c1-4-29-20-7-5-18(6-8-20)21-22(24-10-9-23-21)28-13-11-27(12-14-28)16-19-15-25-26(3)17(19)2/h5-10,15H,4,11-14,16H2,1-3H3. The van der Waals surface area contributed by atoms with Gasteiger partial charge in [-0.3, -0.25) is 14.6 Å². The minimum absolute atomic E-state index is 0.665. The fourth-order valence-electron chi connectivity index (χ4n) is 3.70. The van der Waals surface area contributed by atoms with Crippen LogP contribution in [0, 0.1) is 6.92 Å². The summed E-state index contributed by atoms with van der Waals surface area (Å²) in [5.74, 6) is 1.83. The summed E-state index contributed by atoms with van der Waals surface area (Å²) in [4.78, 5) is 14.1. The zero-order valence-electron chi connectivity index (χ0n) is 17.4. The molecular formula is C22H28N6O. The minimum atomic E-state index is 0.665. The summed E-state index contributed by atoms with van der Waals surface area (Å²) in [6.45, 7) is 9.58. The van der Waals surface area contributed by atoms with Gasteiger partial charge in [0.15, 0.2) is 5.82 Å². The first-order valence-corrected chi connectivity index (χ1v) is 10.1. The van der Waals surface area contributed by atoms with Gasteiger partial charge < -0.3 is 9.64 Å². The predicted molar refractivity (Wildman–Crippen MR) is 114 cm³/mol. The van der Waals surface area contributed by atoms with Gasteiger partial charge in [0, 0.05) is 69.0 Å². The molecule has 7 heteroatoms. The van der Waals surface area contributed by atoms with Gasteiger partial charge in [0.25, 0.3) is 0 Å². The molecule has 1 fully saturated rings. The average Bonchev–Trinajstić information content (AvgIpc) is 3.07. The van der Waals surface area contributed by atoms with E-state index in [1.807, 2.05) is 37.0 Å². The largest absolute Gasteiger partial charge is 0.494 e. The van der Waals surface area contributed by atoms with E-state index in [4.69, 9.17) is 4.74 Å². The van der Waals surface area contributed by atoms with Gasteiger partial charge >= 0.3 is 0 Å². The lowest BCUT2D eigenvalue weighted by molar-refractivity contribution is 0.249. The normalized spacial score (nSPS) is 14.9. The van der Waals surface area contributed by atoms with Crippen LogP contribution in [0.15, 0.2) is 42.9 Å². The Bertz CT molecular complexity index is 944. The molecule has 1 aliphatic rings. The van der Waals surface area contributed by atoms with E-state index >= 15 is 0 Å². The summed E-state index contributed by atoms with van der Waals surface area (Å²) in [5.41, 5.74) is 4.52. The molecule has 0 radical (unpaired) electrons. The van der Waals surface area contributed by atoms with Crippen molar-refractivity contribution in [2.45, 2.75) is 20.4 Å². The molecule has 29 heavy (non-hydrogen) atoms. The Balaban J connectivity index is 1.45. The summed E-state index contributed by atoms with van der Waals surface area (Å²) in [7, 11) is 1.99.